The molecule has 5 nitrogen and oxygen atoms in total. The molecule has 5 rings (SSSR count). The Kier molecular flexibility index (Phi) is 4.06. The van der Waals surface area contributed by atoms with Gasteiger partial charge in [-0.15, -0.1) is 0 Å². The van der Waals surface area contributed by atoms with Crippen LogP contribution in [0.25, 0.3) is 0 Å². The highest BCUT2D eigenvalue weighted by Crippen LogP contribution is 2.60. The first kappa shape index (κ1) is 16.9. The topological polar surface area (TPSA) is 72.5 Å². The number of rotatable bonds is 5. The molecule has 0 radical (unpaired) electrons. The van der Waals surface area contributed by atoms with Crippen molar-refractivity contribution in [2.24, 2.45) is 23.2 Å². The van der Waals surface area contributed by atoms with Crippen LogP contribution in [-0.2, 0) is 14.8 Å². The van der Waals surface area contributed by atoms with E-state index >= 15 is 0 Å². The minimum atomic E-state index is -3.31. The summed E-state index contributed by atoms with van der Waals surface area (Å²) in [6, 6.07) is 6.38. The maximum absolute atomic E-state index is 12.4. The maximum atomic E-state index is 12.4. The van der Waals surface area contributed by atoms with Gasteiger partial charge in [-0.05, 0) is 80.5 Å². The van der Waals surface area contributed by atoms with Gasteiger partial charge < -0.3 is 4.74 Å². The van der Waals surface area contributed by atoms with Crippen LogP contribution in [0, 0.1) is 23.2 Å². The van der Waals surface area contributed by atoms with E-state index in [2.05, 4.69) is 4.72 Å². The minimum absolute atomic E-state index is 0.211. The zero-order chi connectivity index (χ0) is 17.7. The van der Waals surface area contributed by atoms with Gasteiger partial charge in [-0.1, -0.05) is 0 Å². The van der Waals surface area contributed by atoms with Gasteiger partial charge in [0.2, 0.25) is 10.0 Å². The molecule has 4 aliphatic rings. The molecular formula is C19H25NO4S. The summed E-state index contributed by atoms with van der Waals surface area (Å²) in [4.78, 5) is 12.4. The molecule has 4 fully saturated rings. The van der Waals surface area contributed by atoms with Gasteiger partial charge in [0.15, 0.2) is 0 Å². The Morgan fingerprint density at radius 1 is 1.08 bits per heavy atom. The summed E-state index contributed by atoms with van der Waals surface area (Å²) in [7, 11) is -3.31. The Hall–Kier alpha value is -1.56. The van der Waals surface area contributed by atoms with Gasteiger partial charge in [-0.2, -0.15) is 0 Å². The predicted molar refractivity (Wildman–Crippen MR) is 95.8 cm³/mol. The summed E-state index contributed by atoms with van der Waals surface area (Å²) < 4.78 is 30.5. The van der Waals surface area contributed by atoms with Crippen molar-refractivity contribution in [2.75, 3.05) is 17.6 Å². The van der Waals surface area contributed by atoms with Crippen LogP contribution in [0.3, 0.4) is 0 Å². The van der Waals surface area contributed by atoms with Crippen molar-refractivity contribution >= 4 is 21.7 Å². The highest BCUT2D eigenvalue weighted by molar-refractivity contribution is 7.92. The number of esters is 1. The number of anilines is 1. The Morgan fingerprint density at radius 3 is 2.08 bits per heavy atom. The molecule has 1 N–H and O–H groups in total. The standard InChI is InChI=1S/C19H25NO4S/c1-25(22,23)20-17-4-2-16(3-5-17)18(21)24-12-19-9-13-6-14(10-19)8-15(7-13)11-19/h2-5,13-15,20H,6-12H2,1H3. The number of sulfonamides is 1. The monoisotopic (exact) mass is 363 g/mol. The molecule has 1 aromatic carbocycles. The highest BCUT2D eigenvalue weighted by Gasteiger charge is 2.51. The third-order valence-corrected chi connectivity index (χ3v) is 6.70. The quantitative estimate of drug-likeness (QED) is 0.814. The smallest absolute Gasteiger partial charge is 0.338 e. The fourth-order valence-corrected chi connectivity index (χ4v) is 6.22. The zero-order valence-electron chi connectivity index (χ0n) is 14.5. The molecule has 4 saturated carbocycles. The summed E-state index contributed by atoms with van der Waals surface area (Å²) in [5, 5.41) is 0. The lowest BCUT2D eigenvalue weighted by atomic mass is 9.50. The molecule has 0 aromatic heterocycles. The molecule has 4 aliphatic carbocycles. The molecule has 1 aromatic rings. The summed E-state index contributed by atoms with van der Waals surface area (Å²) in [5.74, 6) is 2.20. The van der Waals surface area contributed by atoms with E-state index in [4.69, 9.17) is 4.74 Å². The third kappa shape index (κ3) is 3.68. The Morgan fingerprint density at radius 2 is 1.60 bits per heavy atom. The number of nitrogens with one attached hydrogen (secondary N) is 1. The molecule has 0 amide bonds. The Balaban J connectivity index is 1.38. The molecule has 6 heteroatoms. The van der Waals surface area contributed by atoms with Crippen LogP contribution in [-0.4, -0.2) is 27.2 Å². The van der Waals surface area contributed by atoms with Gasteiger partial charge in [0.1, 0.15) is 0 Å². The van der Waals surface area contributed by atoms with Crippen LogP contribution < -0.4 is 4.72 Å². The Bertz CT molecular complexity index is 734. The summed E-state index contributed by atoms with van der Waals surface area (Å²) in [6.07, 6.45) is 8.86. The summed E-state index contributed by atoms with van der Waals surface area (Å²) in [5.41, 5.74) is 1.12. The lowest BCUT2D eigenvalue weighted by Crippen LogP contribution is -2.48. The van der Waals surface area contributed by atoms with Crippen molar-refractivity contribution < 1.29 is 17.9 Å². The number of hydrogen-bond donors (Lipinski definition) is 1. The van der Waals surface area contributed by atoms with Crippen molar-refractivity contribution in [2.45, 2.75) is 38.5 Å². The van der Waals surface area contributed by atoms with Crippen molar-refractivity contribution in [1.82, 2.24) is 0 Å². The molecule has 0 spiro atoms. The van der Waals surface area contributed by atoms with Crippen molar-refractivity contribution in [3.05, 3.63) is 29.8 Å². The first-order valence-corrected chi connectivity index (χ1v) is 10.9. The fraction of sp³-hybridized carbons (Fsp3) is 0.632. The van der Waals surface area contributed by atoms with E-state index in [9.17, 15) is 13.2 Å². The largest absolute Gasteiger partial charge is 0.462 e. The molecule has 0 aliphatic heterocycles. The summed E-state index contributed by atoms with van der Waals surface area (Å²) in [6.45, 7) is 0.526. The van der Waals surface area contributed by atoms with E-state index < -0.39 is 10.0 Å². The lowest BCUT2D eigenvalue weighted by molar-refractivity contribution is -0.0848. The van der Waals surface area contributed by atoms with Gasteiger partial charge in [0.25, 0.3) is 0 Å². The average Bonchev–Trinajstić information content (AvgIpc) is 2.50. The minimum Gasteiger partial charge on any atom is -0.462 e. The van der Waals surface area contributed by atoms with E-state index in [0.29, 0.717) is 17.9 Å². The molecule has 0 atom stereocenters. The second kappa shape index (κ2) is 6.01. The van der Waals surface area contributed by atoms with Gasteiger partial charge in [-0.3, -0.25) is 4.72 Å². The van der Waals surface area contributed by atoms with Crippen LogP contribution in [0.15, 0.2) is 24.3 Å². The number of carbonyl (C=O) groups is 1. The van der Waals surface area contributed by atoms with Gasteiger partial charge in [0.05, 0.1) is 18.4 Å². The number of carbonyl (C=O) groups excluding carboxylic acids is 1. The molecular weight excluding hydrogens is 338 g/mol. The van der Waals surface area contributed by atoms with Gasteiger partial charge in [-0.25, -0.2) is 13.2 Å². The first-order valence-electron chi connectivity index (χ1n) is 9.05. The highest BCUT2D eigenvalue weighted by atomic mass is 32.2. The van der Waals surface area contributed by atoms with Crippen molar-refractivity contribution in [3.8, 4) is 0 Å². The van der Waals surface area contributed by atoms with Gasteiger partial charge >= 0.3 is 5.97 Å². The molecule has 0 heterocycles. The first-order chi connectivity index (χ1) is 11.8. The zero-order valence-corrected chi connectivity index (χ0v) is 15.3. The van der Waals surface area contributed by atoms with Crippen LogP contribution in [0.1, 0.15) is 48.9 Å². The van der Waals surface area contributed by atoms with Gasteiger partial charge in [0, 0.05) is 11.1 Å². The van der Waals surface area contributed by atoms with Crippen LogP contribution >= 0.6 is 0 Å². The molecule has 4 bridgehead atoms. The molecule has 0 unspecified atom stereocenters. The fourth-order valence-electron chi connectivity index (χ4n) is 5.66. The number of ether oxygens (including phenoxy) is 1. The lowest BCUT2D eigenvalue weighted by Gasteiger charge is -2.56. The van der Waals surface area contributed by atoms with Crippen LogP contribution in [0.2, 0.25) is 0 Å². The van der Waals surface area contributed by atoms with E-state index in [1.807, 2.05) is 0 Å². The van der Waals surface area contributed by atoms with Crippen LogP contribution in [0.5, 0.6) is 0 Å². The second-order valence-electron chi connectivity index (χ2n) is 8.45. The SMILES string of the molecule is CS(=O)(=O)Nc1ccc(C(=O)OCC23CC4CC(CC(C4)C2)C3)cc1. The summed E-state index contributed by atoms with van der Waals surface area (Å²) >= 11 is 0. The third-order valence-electron chi connectivity index (χ3n) is 6.10. The van der Waals surface area contributed by atoms with E-state index in [1.165, 1.54) is 38.5 Å². The normalized spacial score (nSPS) is 33.2. The number of hydrogen-bond acceptors (Lipinski definition) is 4. The maximum Gasteiger partial charge on any atom is 0.338 e. The second-order valence-corrected chi connectivity index (χ2v) is 10.2. The average molecular weight is 363 g/mol. The van der Waals surface area contributed by atoms with E-state index in [-0.39, 0.29) is 11.4 Å². The van der Waals surface area contributed by atoms with Crippen LogP contribution in [0.4, 0.5) is 5.69 Å². The van der Waals surface area contributed by atoms with E-state index in [1.54, 1.807) is 24.3 Å². The number of benzene rings is 1. The molecule has 136 valence electrons. The molecule has 25 heavy (non-hydrogen) atoms. The van der Waals surface area contributed by atoms with Crippen molar-refractivity contribution in [1.29, 1.82) is 0 Å². The van der Waals surface area contributed by atoms with E-state index in [0.717, 1.165) is 24.0 Å². The Labute approximate surface area is 149 Å². The predicted octanol–water partition coefficient (Wildman–Crippen LogP) is 3.43. The van der Waals surface area contributed by atoms with Crippen molar-refractivity contribution in [3.63, 3.8) is 0 Å². The molecule has 0 saturated heterocycles.